The van der Waals surface area contributed by atoms with Gasteiger partial charge in [-0.1, -0.05) is 6.92 Å². The number of hydrogen-bond acceptors (Lipinski definition) is 2. The van der Waals surface area contributed by atoms with Crippen LogP contribution in [0.1, 0.15) is 32.6 Å². The SMILES string of the molecule is CCC(N)C(=O)NC1CCC1. The molecule has 0 aromatic carbocycles. The Morgan fingerprint density at radius 2 is 2.36 bits per heavy atom. The van der Waals surface area contributed by atoms with Crippen LogP contribution in [0.2, 0.25) is 0 Å². The number of rotatable bonds is 3. The van der Waals surface area contributed by atoms with Crippen molar-refractivity contribution in [3.05, 3.63) is 0 Å². The minimum absolute atomic E-state index is 0.0113. The van der Waals surface area contributed by atoms with E-state index in [0.717, 1.165) is 19.3 Å². The third kappa shape index (κ3) is 2.19. The minimum atomic E-state index is -0.310. The maximum atomic E-state index is 11.1. The van der Waals surface area contributed by atoms with Crippen LogP contribution < -0.4 is 11.1 Å². The summed E-state index contributed by atoms with van der Waals surface area (Å²) in [4.78, 5) is 11.1. The van der Waals surface area contributed by atoms with Gasteiger partial charge in [0, 0.05) is 6.04 Å². The molecule has 3 nitrogen and oxygen atoms in total. The van der Waals surface area contributed by atoms with E-state index in [1.54, 1.807) is 0 Å². The Kier molecular flexibility index (Phi) is 2.88. The van der Waals surface area contributed by atoms with Gasteiger partial charge >= 0.3 is 0 Å². The molecule has 0 aromatic heterocycles. The maximum absolute atomic E-state index is 11.1. The van der Waals surface area contributed by atoms with E-state index in [1.165, 1.54) is 6.42 Å². The molecule has 1 saturated carbocycles. The summed E-state index contributed by atoms with van der Waals surface area (Å²) >= 11 is 0. The van der Waals surface area contributed by atoms with Gasteiger partial charge in [0.25, 0.3) is 0 Å². The van der Waals surface area contributed by atoms with Gasteiger partial charge in [-0.15, -0.1) is 0 Å². The van der Waals surface area contributed by atoms with E-state index >= 15 is 0 Å². The van der Waals surface area contributed by atoms with Crippen molar-refractivity contribution < 1.29 is 4.79 Å². The van der Waals surface area contributed by atoms with Crippen molar-refractivity contribution in [2.24, 2.45) is 5.73 Å². The first-order valence-corrected chi connectivity index (χ1v) is 4.30. The van der Waals surface area contributed by atoms with E-state index in [2.05, 4.69) is 5.32 Å². The lowest BCUT2D eigenvalue weighted by molar-refractivity contribution is -0.123. The van der Waals surface area contributed by atoms with Gasteiger partial charge in [-0.25, -0.2) is 0 Å². The molecular formula is C8H16N2O. The Labute approximate surface area is 67.3 Å². The molecule has 1 aliphatic carbocycles. The zero-order valence-corrected chi connectivity index (χ0v) is 6.97. The molecule has 3 N–H and O–H groups in total. The van der Waals surface area contributed by atoms with Crippen LogP contribution in [0, 0.1) is 0 Å². The summed E-state index contributed by atoms with van der Waals surface area (Å²) in [6.07, 6.45) is 4.22. The van der Waals surface area contributed by atoms with Crippen molar-refractivity contribution in [3.63, 3.8) is 0 Å². The molecule has 0 saturated heterocycles. The van der Waals surface area contributed by atoms with E-state index in [0.29, 0.717) is 6.04 Å². The number of amides is 1. The number of carbonyl (C=O) groups is 1. The Morgan fingerprint density at radius 3 is 2.73 bits per heavy atom. The van der Waals surface area contributed by atoms with Crippen molar-refractivity contribution in [2.75, 3.05) is 0 Å². The highest BCUT2D eigenvalue weighted by molar-refractivity contribution is 5.81. The van der Waals surface area contributed by atoms with E-state index in [1.807, 2.05) is 6.92 Å². The second-order valence-corrected chi connectivity index (χ2v) is 3.15. The summed E-state index contributed by atoms with van der Waals surface area (Å²) in [6.45, 7) is 1.92. The summed E-state index contributed by atoms with van der Waals surface area (Å²) in [5.41, 5.74) is 5.53. The van der Waals surface area contributed by atoms with Gasteiger partial charge in [-0.3, -0.25) is 4.79 Å². The summed E-state index contributed by atoms with van der Waals surface area (Å²) in [7, 11) is 0. The van der Waals surface area contributed by atoms with Crippen LogP contribution in [0.4, 0.5) is 0 Å². The molecule has 0 heterocycles. The number of nitrogens with two attached hydrogens (primary N) is 1. The molecule has 64 valence electrons. The molecule has 0 bridgehead atoms. The third-order valence-electron chi connectivity index (χ3n) is 2.23. The van der Waals surface area contributed by atoms with Gasteiger partial charge in [0.1, 0.15) is 0 Å². The summed E-state index contributed by atoms with van der Waals surface area (Å²) in [5, 5.41) is 2.90. The van der Waals surface area contributed by atoms with Gasteiger partial charge < -0.3 is 11.1 Å². The molecule has 1 rings (SSSR count). The predicted octanol–water partition coefficient (Wildman–Crippen LogP) is 0.392. The zero-order valence-electron chi connectivity index (χ0n) is 6.97. The molecule has 0 aromatic rings. The van der Waals surface area contributed by atoms with Crippen molar-refractivity contribution in [1.82, 2.24) is 5.32 Å². The van der Waals surface area contributed by atoms with Gasteiger partial charge in [0.05, 0.1) is 6.04 Å². The summed E-state index contributed by atoms with van der Waals surface area (Å²) < 4.78 is 0. The topological polar surface area (TPSA) is 55.1 Å². The zero-order chi connectivity index (χ0) is 8.27. The highest BCUT2D eigenvalue weighted by Gasteiger charge is 2.21. The maximum Gasteiger partial charge on any atom is 0.237 e. The standard InChI is InChI=1S/C8H16N2O/c1-2-7(9)8(11)10-6-4-3-5-6/h6-7H,2-5,9H2,1H3,(H,10,11). The van der Waals surface area contributed by atoms with Crippen LogP contribution in [-0.4, -0.2) is 18.0 Å². The van der Waals surface area contributed by atoms with Crippen LogP contribution in [-0.2, 0) is 4.79 Å². The predicted molar refractivity (Wildman–Crippen MR) is 44.0 cm³/mol. The number of carbonyl (C=O) groups excluding carboxylic acids is 1. The lowest BCUT2D eigenvalue weighted by Gasteiger charge is -2.27. The Balaban J connectivity index is 2.19. The highest BCUT2D eigenvalue weighted by atomic mass is 16.2. The molecule has 1 unspecified atom stereocenters. The van der Waals surface area contributed by atoms with Crippen molar-refractivity contribution in [2.45, 2.75) is 44.7 Å². The Morgan fingerprint density at radius 1 is 1.73 bits per heavy atom. The molecule has 1 atom stereocenters. The van der Waals surface area contributed by atoms with Gasteiger partial charge in [-0.2, -0.15) is 0 Å². The van der Waals surface area contributed by atoms with Gasteiger partial charge in [0.2, 0.25) is 5.91 Å². The van der Waals surface area contributed by atoms with E-state index in [-0.39, 0.29) is 11.9 Å². The first kappa shape index (κ1) is 8.53. The molecule has 0 radical (unpaired) electrons. The average Bonchev–Trinajstić information content (AvgIpc) is 1.94. The number of hydrogen-bond donors (Lipinski definition) is 2. The lowest BCUT2D eigenvalue weighted by Crippen LogP contribution is -2.47. The molecule has 0 aliphatic heterocycles. The molecule has 1 amide bonds. The molecule has 11 heavy (non-hydrogen) atoms. The molecule has 1 fully saturated rings. The monoisotopic (exact) mass is 156 g/mol. The first-order chi connectivity index (χ1) is 5.24. The third-order valence-corrected chi connectivity index (χ3v) is 2.23. The summed E-state index contributed by atoms with van der Waals surface area (Å²) in [5.74, 6) is 0.0113. The fraction of sp³-hybridized carbons (Fsp3) is 0.875. The molecule has 1 aliphatic rings. The van der Waals surface area contributed by atoms with Crippen LogP contribution in [0.5, 0.6) is 0 Å². The van der Waals surface area contributed by atoms with Crippen LogP contribution in [0.3, 0.4) is 0 Å². The lowest BCUT2D eigenvalue weighted by atomic mass is 9.93. The van der Waals surface area contributed by atoms with Gasteiger partial charge in [-0.05, 0) is 25.7 Å². The minimum Gasteiger partial charge on any atom is -0.352 e. The largest absolute Gasteiger partial charge is 0.352 e. The van der Waals surface area contributed by atoms with E-state index < -0.39 is 0 Å². The Bertz CT molecular complexity index is 143. The van der Waals surface area contributed by atoms with Crippen molar-refractivity contribution in [1.29, 1.82) is 0 Å². The van der Waals surface area contributed by atoms with Crippen LogP contribution >= 0.6 is 0 Å². The highest BCUT2D eigenvalue weighted by Crippen LogP contribution is 2.17. The molecule has 0 spiro atoms. The fourth-order valence-corrected chi connectivity index (χ4v) is 1.05. The second kappa shape index (κ2) is 3.72. The van der Waals surface area contributed by atoms with Crippen molar-refractivity contribution in [3.8, 4) is 0 Å². The fourth-order valence-electron chi connectivity index (χ4n) is 1.05. The average molecular weight is 156 g/mol. The van der Waals surface area contributed by atoms with E-state index in [4.69, 9.17) is 5.73 Å². The normalized spacial score (nSPS) is 20.5. The second-order valence-electron chi connectivity index (χ2n) is 3.15. The summed E-state index contributed by atoms with van der Waals surface area (Å²) in [6, 6.07) is 0.107. The van der Waals surface area contributed by atoms with Crippen LogP contribution in [0.25, 0.3) is 0 Å². The molecular weight excluding hydrogens is 140 g/mol. The molecule has 3 heteroatoms. The van der Waals surface area contributed by atoms with Gasteiger partial charge in [0.15, 0.2) is 0 Å². The smallest absolute Gasteiger partial charge is 0.237 e. The first-order valence-electron chi connectivity index (χ1n) is 4.30. The number of nitrogens with one attached hydrogen (secondary N) is 1. The van der Waals surface area contributed by atoms with Crippen molar-refractivity contribution >= 4 is 5.91 Å². The van der Waals surface area contributed by atoms with E-state index in [9.17, 15) is 4.79 Å². The Hall–Kier alpha value is -0.570. The quantitative estimate of drug-likeness (QED) is 0.621. The van der Waals surface area contributed by atoms with Crippen LogP contribution in [0.15, 0.2) is 0 Å².